The van der Waals surface area contributed by atoms with Crippen molar-refractivity contribution in [2.45, 2.75) is 26.2 Å². The van der Waals surface area contributed by atoms with Crippen LogP contribution >= 0.6 is 24.8 Å². The Morgan fingerprint density at radius 1 is 1.25 bits per heavy atom. The Morgan fingerprint density at radius 3 is 1.94 bits per heavy atom. The van der Waals surface area contributed by atoms with Crippen LogP contribution in [0.1, 0.15) is 26.3 Å². The van der Waals surface area contributed by atoms with Gasteiger partial charge in [-0.2, -0.15) is 0 Å². The van der Waals surface area contributed by atoms with Crippen molar-refractivity contribution in [3.05, 3.63) is 29.8 Å². The Bertz CT molecular complexity index is 300. The fraction of sp³-hybridized carbons (Fsp3) is 0.364. The number of phenolic OH excluding ortho intramolecular Hbond substituents is 1. The van der Waals surface area contributed by atoms with Gasteiger partial charge in [0.05, 0.1) is 0 Å². The second-order valence-electron chi connectivity index (χ2n) is 3.93. The molecule has 0 saturated heterocycles. The van der Waals surface area contributed by atoms with Crippen molar-refractivity contribution >= 4 is 29.6 Å². The molecule has 0 aliphatic rings. The molecule has 0 aromatic heterocycles. The van der Waals surface area contributed by atoms with Crippen LogP contribution in [0.5, 0.6) is 5.75 Å². The molecule has 0 radical (unpaired) electrons. The molecule has 0 heterocycles. The monoisotopic (exact) mass is 303 g/mol. The summed E-state index contributed by atoms with van der Waals surface area (Å²) in [7, 11) is 0. The van der Waals surface area contributed by atoms with Gasteiger partial charge in [-0.25, -0.2) is 0 Å². The number of rotatable bonds is 0. The van der Waals surface area contributed by atoms with E-state index in [1.165, 1.54) is 0 Å². The summed E-state index contributed by atoms with van der Waals surface area (Å²) in [5.74, 6) is 0.345. The fourth-order valence-electron chi connectivity index (χ4n) is 0.972. The van der Waals surface area contributed by atoms with Crippen molar-refractivity contribution in [1.82, 2.24) is 0 Å². The normalized spacial score (nSPS) is 8.50. The van der Waals surface area contributed by atoms with E-state index in [1.54, 1.807) is 12.1 Å². The zero-order chi connectivity index (χ0) is 11.2. The van der Waals surface area contributed by atoms with Crippen LogP contribution in [0.2, 0.25) is 0 Å². The molecule has 0 atom stereocenters. The van der Waals surface area contributed by atoms with Gasteiger partial charge in [-0.1, -0.05) is 32.9 Å². The molecule has 0 bridgehead atoms. The van der Waals surface area contributed by atoms with E-state index in [0.717, 1.165) is 5.56 Å². The molecule has 1 rings (SSSR count). The van der Waals surface area contributed by atoms with E-state index < -0.39 is 19.2 Å². The van der Waals surface area contributed by atoms with Crippen molar-refractivity contribution < 1.29 is 27.4 Å². The van der Waals surface area contributed by atoms with Crippen molar-refractivity contribution in [2.75, 3.05) is 0 Å². The summed E-state index contributed by atoms with van der Waals surface area (Å²) in [6.07, 6.45) is 0. The standard InChI is InChI=1S/C10H14O.CH2.2ClH.FH.Ti/c1-10(2,3)8-5-4-6-9(11)7-8;;;;;/h4-7,11H,1-3H3;1H2;3*1H;/q;;;;;+1/p-1. The van der Waals surface area contributed by atoms with Gasteiger partial charge in [0.15, 0.2) is 0 Å². The second-order valence-corrected chi connectivity index (χ2v) is 4.35. The molecule has 0 aliphatic heterocycles. The van der Waals surface area contributed by atoms with Crippen molar-refractivity contribution in [3.8, 4) is 5.75 Å². The Hall–Kier alpha value is 0.114. The number of hydrogen-bond donors (Lipinski definition) is 1. The first-order chi connectivity index (χ1) is 6.41. The molecule has 0 fully saturated rings. The quantitative estimate of drug-likeness (QED) is 0.720. The third kappa shape index (κ3) is 9.35. The minimum absolute atomic E-state index is 0. The summed E-state index contributed by atoms with van der Waals surface area (Å²) >= 11 is -1.25. The molecule has 93 valence electrons. The third-order valence-electron chi connectivity index (χ3n) is 1.71. The van der Waals surface area contributed by atoms with E-state index in [4.69, 9.17) is 0 Å². The van der Waals surface area contributed by atoms with E-state index >= 15 is 0 Å². The molecule has 1 nitrogen and oxygen atoms in total. The Labute approximate surface area is 118 Å². The van der Waals surface area contributed by atoms with Crippen LogP contribution in [0.3, 0.4) is 0 Å². The average molecular weight is 304 g/mol. The summed E-state index contributed by atoms with van der Waals surface area (Å²) in [4.78, 5) is 2.94. The van der Waals surface area contributed by atoms with Gasteiger partial charge in [0, 0.05) is 0 Å². The first-order valence-electron chi connectivity index (χ1n) is 4.34. The van der Waals surface area contributed by atoms with Crippen LogP contribution in [0, 0.1) is 0 Å². The molecule has 16 heavy (non-hydrogen) atoms. The van der Waals surface area contributed by atoms with Crippen LogP contribution in [0.4, 0.5) is 3.09 Å². The van der Waals surface area contributed by atoms with E-state index in [0.29, 0.717) is 5.75 Å². The molecule has 0 spiro atoms. The predicted molar refractivity (Wildman–Crippen MR) is 69.5 cm³/mol. The Kier molecular flexibility index (Phi) is 13.8. The molecule has 0 aliphatic carbocycles. The van der Waals surface area contributed by atoms with Crippen molar-refractivity contribution in [3.63, 3.8) is 0 Å². The second kappa shape index (κ2) is 10.3. The summed E-state index contributed by atoms with van der Waals surface area (Å²) < 4.78 is 10.3. The molecular weight excluding hydrogens is 286 g/mol. The van der Waals surface area contributed by atoms with Crippen LogP contribution in [-0.4, -0.2) is 9.92 Å². The molecule has 0 saturated carbocycles. The summed E-state index contributed by atoms with van der Waals surface area (Å²) in [6, 6.07) is 7.39. The van der Waals surface area contributed by atoms with E-state index in [9.17, 15) is 8.20 Å². The SMILES string of the molecule is CC(C)(C)c1cccc(O)c1.Cl.Cl.[CH2]=[Ti][F]. The molecule has 0 unspecified atom stereocenters. The number of benzene rings is 1. The topological polar surface area (TPSA) is 20.2 Å². The van der Waals surface area contributed by atoms with E-state index in [2.05, 4.69) is 25.6 Å². The molecule has 1 aromatic carbocycles. The van der Waals surface area contributed by atoms with Crippen LogP contribution in [-0.2, 0) is 24.6 Å². The van der Waals surface area contributed by atoms with Crippen molar-refractivity contribution in [1.29, 1.82) is 0 Å². The maximum atomic E-state index is 10.3. The first kappa shape index (κ1) is 21.4. The molecule has 0 amide bonds. The minimum atomic E-state index is -1.25. The van der Waals surface area contributed by atoms with Crippen LogP contribution in [0.15, 0.2) is 24.3 Å². The number of hydrogen-bond acceptors (Lipinski definition) is 1. The first-order valence-corrected chi connectivity index (χ1v) is 6.03. The third-order valence-corrected chi connectivity index (χ3v) is 1.71. The summed E-state index contributed by atoms with van der Waals surface area (Å²) in [5.41, 5.74) is 1.29. The van der Waals surface area contributed by atoms with Crippen LogP contribution in [0.25, 0.3) is 0 Å². The summed E-state index contributed by atoms with van der Waals surface area (Å²) in [6.45, 7) is 6.38. The van der Waals surface area contributed by atoms with Gasteiger partial charge < -0.3 is 5.11 Å². The van der Waals surface area contributed by atoms with Crippen molar-refractivity contribution in [2.24, 2.45) is 0 Å². The van der Waals surface area contributed by atoms with Gasteiger partial charge in [-0.15, -0.1) is 24.8 Å². The van der Waals surface area contributed by atoms with Gasteiger partial charge in [-0.05, 0) is 23.1 Å². The zero-order valence-electron chi connectivity index (χ0n) is 9.66. The van der Waals surface area contributed by atoms with Gasteiger partial charge in [-0.3, -0.25) is 0 Å². The fourth-order valence-corrected chi connectivity index (χ4v) is 0.972. The Morgan fingerprint density at radius 2 is 1.69 bits per heavy atom. The van der Waals surface area contributed by atoms with E-state index in [-0.39, 0.29) is 30.2 Å². The Balaban J connectivity index is -0.000000306. The molecule has 5 heteroatoms. The maximum absolute atomic E-state index is 10.3. The van der Waals surface area contributed by atoms with Gasteiger partial charge in [0.1, 0.15) is 5.75 Å². The van der Waals surface area contributed by atoms with Gasteiger partial charge >= 0.3 is 27.1 Å². The average Bonchev–Trinajstić information content (AvgIpc) is 2.04. The predicted octanol–water partition coefficient (Wildman–Crippen LogP) is 3.92. The van der Waals surface area contributed by atoms with E-state index in [1.807, 2.05) is 12.1 Å². The molecule has 1 N–H and O–H groups in total. The number of phenols is 1. The van der Waals surface area contributed by atoms with Gasteiger partial charge in [0.25, 0.3) is 0 Å². The molecular formula is C11H18Cl2FOTi. The van der Waals surface area contributed by atoms with Gasteiger partial charge in [0.2, 0.25) is 0 Å². The molecule has 1 aromatic rings. The zero-order valence-corrected chi connectivity index (χ0v) is 12.9. The van der Waals surface area contributed by atoms with Crippen LogP contribution < -0.4 is 0 Å². The summed E-state index contributed by atoms with van der Waals surface area (Å²) in [5, 5.41) is 9.18. The number of halogens is 3. The number of aromatic hydroxyl groups is 1.